The average Bonchev–Trinajstić information content (AvgIpc) is 2.24. The molecule has 0 rings (SSSR count). The fourth-order valence-corrected chi connectivity index (χ4v) is 1.17. The van der Waals surface area contributed by atoms with Gasteiger partial charge in [0.15, 0.2) is 6.04 Å². The van der Waals surface area contributed by atoms with Gasteiger partial charge in [-0.15, -0.1) is 0 Å². The Bertz CT molecular complexity index is 258. The maximum absolute atomic E-state index is 11.5. The fourth-order valence-electron chi connectivity index (χ4n) is 1.17. The van der Waals surface area contributed by atoms with E-state index in [1.54, 1.807) is 7.05 Å². The van der Waals surface area contributed by atoms with Crippen molar-refractivity contribution in [1.29, 1.82) is 0 Å². The highest BCUT2D eigenvalue weighted by Crippen LogP contribution is 1.92. The van der Waals surface area contributed by atoms with Gasteiger partial charge in [0.05, 0.1) is 6.61 Å². The van der Waals surface area contributed by atoms with Gasteiger partial charge in [-0.25, -0.2) is 9.59 Å². The molecule has 2 amide bonds. The predicted molar refractivity (Wildman–Crippen MR) is 62.8 cm³/mol. The third-order valence-corrected chi connectivity index (χ3v) is 2.22. The summed E-state index contributed by atoms with van der Waals surface area (Å²) in [6, 6.07) is -1.75. The third kappa shape index (κ3) is 6.75. The van der Waals surface area contributed by atoms with E-state index in [-0.39, 0.29) is 0 Å². The Balaban J connectivity index is 4.00. The number of aliphatic carboxylic acids is 1. The molecule has 3 N–H and O–H groups in total. The molecule has 0 aliphatic carbocycles. The lowest BCUT2D eigenvalue weighted by molar-refractivity contribution is -0.140. The van der Waals surface area contributed by atoms with E-state index >= 15 is 0 Å². The number of aliphatic hydroxyl groups is 1. The number of nitrogens with zero attached hydrogens (tertiary/aromatic N) is 2. The van der Waals surface area contributed by atoms with Gasteiger partial charge in [0.2, 0.25) is 0 Å². The Morgan fingerprint density at radius 3 is 2.24 bits per heavy atom. The van der Waals surface area contributed by atoms with Crippen LogP contribution in [0.25, 0.3) is 0 Å². The highest BCUT2D eigenvalue weighted by molar-refractivity contribution is 5.82. The fraction of sp³-hybridized carbons (Fsp3) is 0.800. The van der Waals surface area contributed by atoms with Crippen molar-refractivity contribution in [3.05, 3.63) is 0 Å². The van der Waals surface area contributed by atoms with Crippen LogP contribution in [0.1, 0.15) is 6.42 Å². The number of nitrogens with one attached hydrogen (secondary N) is 1. The van der Waals surface area contributed by atoms with Crippen molar-refractivity contribution in [3.63, 3.8) is 0 Å². The molecule has 7 heteroatoms. The lowest BCUT2D eigenvalue weighted by atomic mass is 10.3. The Morgan fingerprint density at radius 2 is 1.82 bits per heavy atom. The van der Waals surface area contributed by atoms with Crippen LogP contribution in [0.4, 0.5) is 4.79 Å². The summed E-state index contributed by atoms with van der Waals surface area (Å²) in [6.45, 7) is 0.758. The van der Waals surface area contributed by atoms with Crippen molar-refractivity contribution >= 4 is 12.0 Å². The van der Waals surface area contributed by atoms with Gasteiger partial charge in [0.25, 0.3) is 0 Å². The standard InChI is InChI=1S/C10H21N3O4/c1-12(2)5-4-6-13(3)10(17)11-8(7-14)9(15)16/h8,14H,4-7H2,1-3H3,(H,11,17)(H,15,16). The zero-order valence-corrected chi connectivity index (χ0v) is 10.5. The molecule has 0 saturated heterocycles. The molecule has 1 unspecified atom stereocenters. The van der Waals surface area contributed by atoms with E-state index in [0.29, 0.717) is 6.54 Å². The number of amides is 2. The van der Waals surface area contributed by atoms with Gasteiger partial charge in [0, 0.05) is 13.6 Å². The first-order valence-corrected chi connectivity index (χ1v) is 5.38. The third-order valence-electron chi connectivity index (χ3n) is 2.22. The molecule has 0 spiro atoms. The van der Waals surface area contributed by atoms with Gasteiger partial charge < -0.3 is 25.3 Å². The molecule has 0 saturated carbocycles. The second kappa shape index (κ2) is 7.86. The van der Waals surface area contributed by atoms with Crippen LogP contribution in [0.15, 0.2) is 0 Å². The summed E-state index contributed by atoms with van der Waals surface area (Å²) >= 11 is 0. The summed E-state index contributed by atoms with van der Waals surface area (Å²) in [7, 11) is 5.46. The van der Waals surface area contributed by atoms with Crippen molar-refractivity contribution < 1.29 is 19.8 Å². The number of carbonyl (C=O) groups is 2. The van der Waals surface area contributed by atoms with Crippen molar-refractivity contribution in [3.8, 4) is 0 Å². The maximum atomic E-state index is 11.5. The van der Waals surface area contributed by atoms with E-state index in [0.717, 1.165) is 13.0 Å². The summed E-state index contributed by atoms with van der Waals surface area (Å²) in [4.78, 5) is 25.5. The predicted octanol–water partition coefficient (Wildman–Crippen LogP) is -0.975. The van der Waals surface area contributed by atoms with Gasteiger partial charge in [-0.1, -0.05) is 0 Å². The number of rotatable bonds is 7. The van der Waals surface area contributed by atoms with E-state index in [1.807, 2.05) is 19.0 Å². The van der Waals surface area contributed by atoms with Crippen LogP contribution in [-0.2, 0) is 4.79 Å². The molecule has 0 aromatic rings. The molecular formula is C10H21N3O4. The molecule has 0 aromatic heterocycles. The van der Waals surface area contributed by atoms with Gasteiger partial charge in [-0.3, -0.25) is 0 Å². The monoisotopic (exact) mass is 247 g/mol. The van der Waals surface area contributed by atoms with Crippen LogP contribution in [0.2, 0.25) is 0 Å². The summed E-state index contributed by atoms with van der Waals surface area (Å²) < 4.78 is 0. The summed E-state index contributed by atoms with van der Waals surface area (Å²) in [5.41, 5.74) is 0. The molecule has 0 aliphatic rings. The van der Waals surface area contributed by atoms with Gasteiger partial charge >= 0.3 is 12.0 Å². The Morgan fingerprint density at radius 1 is 1.24 bits per heavy atom. The van der Waals surface area contributed by atoms with Gasteiger partial charge in [-0.05, 0) is 27.1 Å². The van der Waals surface area contributed by atoms with Crippen LogP contribution in [0, 0.1) is 0 Å². The Labute approximate surface area is 101 Å². The Hall–Kier alpha value is -1.34. The van der Waals surface area contributed by atoms with Crippen molar-refractivity contribution in [2.24, 2.45) is 0 Å². The molecule has 0 aromatic carbocycles. The molecule has 100 valence electrons. The van der Waals surface area contributed by atoms with E-state index in [9.17, 15) is 9.59 Å². The smallest absolute Gasteiger partial charge is 0.328 e. The normalized spacial score (nSPS) is 12.3. The molecule has 0 heterocycles. The van der Waals surface area contributed by atoms with E-state index in [4.69, 9.17) is 10.2 Å². The molecule has 0 bridgehead atoms. The topological polar surface area (TPSA) is 93.1 Å². The minimum absolute atomic E-state index is 0.495. The SMILES string of the molecule is CN(C)CCCN(C)C(=O)NC(CO)C(=O)O. The summed E-state index contributed by atoms with van der Waals surface area (Å²) in [5, 5.41) is 19.6. The molecular weight excluding hydrogens is 226 g/mol. The molecule has 0 fully saturated rings. The first kappa shape index (κ1) is 15.7. The highest BCUT2D eigenvalue weighted by Gasteiger charge is 2.20. The highest BCUT2D eigenvalue weighted by atomic mass is 16.4. The molecule has 1 atom stereocenters. The van der Waals surface area contributed by atoms with E-state index in [1.165, 1.54) is 4.90 Å². The zero-order valence-electron chi connectivity index (χ0n) is 10.5. The van der Waals surface area contributed by atoms with Crippen molar-refractivity contribution in [1.82, 2.24) is 15.1 Å². The van der Waals surface area contributed by atoms with Crippen molar-refractivity contribution in [2.75, 3.05) is 40.8 Å². The van der Waals surface area contributed by atoms with Crippen LogP contribution in [-0.4, -0.2) is 78.9 Å². The summed E-state index contributed by atoms with van der Waals surface area (Å²) in [6.07, 6.45) is 0.799. The second-order valence-corrected chi connectivity index (χ2v) is 4.10. The molecule has 0 radical (unpaired) electrons. The number of hydrogen-bond acceptors (Lipinski definition) is 4. The first-order valence-electron chi connectivity index (χ1n) is 5.38. The summed E-state index contributed by atoms with van der Waals surface area (Å²) in [5.74, 6) is -1.25. The van der Waals surface area contributed by atoms with Crippen LogP contribution < -0.4 is 5.32 Å². The number of carboxylic acid groups (broad SMARTS) is 1. The lowest BCUT2D eigenvalue weighted by Gasteiger charge is -2.21. The van der Waals surface area contributed by atoms with Gasteiger partial charge in [-0.2, -0.15) is 0 Å². The Kier molecular flexibility index (Phi) is 7.24. The number of aliphatic hydroxyl groups excluding tert-OH is 1. The number of hydrogen-bond donors (Lipinski definition) is 3. The second-order valence-electron chi connectivity index (χ2n) is 4.10. The zero-order chi connectivity index (χ0) is 13.4. The molecule has 0 aliphatic heterocycles. The first-order chi connectivity index (χ1) is 7.88. The number of carbonyl (C=O) groups excluding carboxylic acids is 1. The quantitative estimate of drug-likeness (QED) is 0.538. The van der Waals surface area contributed by atoms with E-state index < -0.39 is 24.6 Å². The maximum Gasteiger partial charge on any atom is 0.328 e. The molecule has 17 heavy (non-hydrogen) atoms. The average molecular weight is 247 g/mol. The van der Waals surface area contributed by atoms with Crippen LogP contribution >= 0.6 is 0 Å². The number of urea groups is 1. The van der Waals surface area contributed by atoms with Crippen LogP contribution in [0.5, 0.6) is 0 Å². The van der Waals surface area contributed by atoms with E-state index in [2.05, 4.69) is 5.32 Å². The molecule has 7 nitrogen and oxygen atoms in total. The largest absolute Gasteiger partial charge is 0.480 e. The number of carboxylic acids is 1. The van der Waals surface area contributed by atoms with Crippen molar-refractivity contribution in [2.45, 2.75) is 12.5 Å². The minimum Gasteiger partial charge on any atom is -0.480 e. The lowest BCUT2D eigenvalue weighted by Crippen LogP contribution is -2.48. The minimum atomic E-state index is -1.25. The van der Waals surface area contributed by atoms with Gasteiger partial charge in [0.1, 0.15) is 0 Å². The van der Waals surface area contributed by atoms with Crippen LogP contribution in [0.3, 0.4) is 0 Å².